The van der Waals surface area contributed by atoms with E-state index >= 15 is 0 Å². The quantitative estimate of drug-likeness (QED) is 0.704. The van der Waals surface area contributed by atoms with Crippen LogP contribution in [-0.2, 0) is 0 Å². The van der Waals surface area contributed by atoms with E-state index in [2.05, 4.69) is 19.9 Å². The fourth-order valence-electron chi connectivity index (χ4n) is 3.30. The Kier molecular flexibility index (Phi) is 3.20. The standard InChI is InChI=1S/C14H25N/c1-11(2)12-8-14(9-12,10-15)13-6-4-3-5-7-13/h6,11-12H,3-5,7-10,15H2,1-2H3. The van der Waals surface area contributed by atoms with Crippen molar-refractivity contribution in [3.05, 3.63) is 11.6 Å². The highest BCUT2D eigenvalue weighted by atomic mass is 14.7. The lowest BCUT2D eigenvalue weighted by Crippen LogP contribution is -2.46. The minimum absolute atomic E-state index is 0.426. The molecule has 0 aliphatic heterocycles. The summed E-state index contributed by atoms with van der Waals surface area (Å²) in [6.07, 6.45) is 10.6. The van der Waals surface area contributed by atoms with Crippen LogP contribution in [0.25, 0.3) is 0 Å². The van der Waals surface area contributed by atoms with Crippen molar-refractivity contribution in [2.24, 2.45) is 23.0 Å². The van der Waals surface area contributed by atoms with Crippen LogP contribution < -0.4 is 5.73 Å². The van der Waals surface area contributed by atoms with Crippen LogP contribution in [0.3, 0.4) is 0 Å². The Morgan fingerprint density at radius 1 is 1.40 bits per heavy atom. The van der Waals surface area contributed by atoms with Crippen molar-refractivity contribution in [1.29, 1.82) is 0 Å². The number of allylic oxidation sites excluding steroid dienone is 1. The Morgan fingerprint density at radius 3 is 2.60 bits per heavy atom. The zero-order valence-corrected chi connectivity index (χ0v) is 10.3. The molecule has 0 aromatic carbocycles. The molecule has 15 heavy (non-hydrogen) atoms. The van der Waals surface area contributed by atoms with Gasteiger partial charge in [0.2, 0.25) is 0 Å². The lowest BCUT2D eigenvalue weighted by Gasteiger charge is -2.51. The lowest BCUT2D eigenvalue weighted by molar-refractivity contribution is 0.0632. The van der Waals surface area contributed by atoms with Gasteiger partial charge in [0.1, 0.15) is 0 Å². The highest BCUT2D eigenvalue weighted by molar-refractivity contribution is 5.22. The summed E-state index contributed by atoms with van der Waals surface area (Å²) in [5.41, 5.74) is 8.15. The molecule has 0 aromatic heterocycles. The number of hydrogen-bond donors (Lipinski definition) is 1. The second-order valence-corrected chi connectivity index (χ2v) is 5.87. The predicted octanol–water partition coefficient (Wildman–Crippen LogP) is 3.50. The molecule has 0 saturated heterocycles. The third-order valence-corrected chi connectivity index (χ3v) is 4.61. The van der Waals surface area contributed by atoms with Crippen LogP contribution in [0.15, 0.2) is 11.6 Å². The van der Waals surface area contributed by atoms with Gasteiger partial charge in [-0.05, 0) is 50.4 Å². The molecule has 0 aromatic rings. The van der Waals surface area contributed by atoms with Crippen molar-refractivity contribution in [2.75, 3.05) is 6.54 Å². The molecule has 2 N–H and O–H groups in total. The van der Waals surface area contributed by atoms with E-state index in [4.69, 9.17) is 5.73 Å². The summed E-state index contributed by atoms with van der Waals surface area (Å²) in [6.45, 7) is 5.57. The summed E-state index contributed by atoms with van der Waals surface area (Å²) in [5, 5.41) is 0. The van der Waals surface area contributed by atoms with Crippen LogP contribution in [0, 0.1) is 17.3 Å². The molecule has 2 rings (SSSR count). The summed E-state index contributed by atoms with van der Waals surface area (Å²) in [5.74, 6) is 1.77. The zero-order valence-electron chi connectivity index (χ0n) is 10.3. The van der Waals surface area contributed by atoms with Gasteiger partial charge in [0.25, 0.3) is 0 Å². The molecule has 2 aliphatic carbocycles. The first-order valence-corrected chi connectivity index (χ1v) is 6.57. The fraction of sp³-hybridized carbons (Fsp3) is 0.857. The van der Waals surface area contributed by atoms with Crippen molar-refractivity contribution in [3.63, 3.8) is 0 Å². The van der Waals surface area contributed by atoms with E-state index in [1.807, 2.05) is 0 Å². The van der Waals surface area contributed by atoms with Gasteiger partial charge in [-0.1, -0.05) is 25.5 Å². The molecule has 1 nitrogen and oxygen atoms in total. The van der Waals surface area contributed by atoms with Gasteiger partial charge in [0.05, 0.1) is 0 Å². The van der Waals surface area contributed by atoms with Gasteiger partial charge in [-0.2, -0.15) is 0 Å². The maximum Gasteiger partial charge on any atom is 0.00399 e. The summed E-state index contributed by atoms with van der Waals surface area (Å²) in [6, 6.07) is 0. The Labute approximate surface area is 94.1 Å². The van der Waals surface area contributed by atoms with Crippen molar-refractivity contribution in [3.8, 4) is 0 Å². The van der Waals surface area contributed by atoms with Crippen LogP contribution in [-0.4, -0.2) is 6.54 Å². The van der Waals surface area contributed by atoms with Crippen molar-refractivity contribution in [1.82, 2.24) is 0 Å². The van der Waals surface area contributed by atoms with E-state index < -0.39 is 0 Å². The zero-order chi connectivity index (χ0) is 10.9. The third-order valence-electron chi connectivity index (χ3n) is 4.61. The van der Waals surface area contributed by atoms with Crippen LogP contribution >= 0.6 is 0 Å². The average molecular weight is 207 g/mol. The SMILES string of the molecule is CC(C)C1CC(CN)(C2=CCCCC2)C1. The van der Waals surface area contributed by atoms with Gasteiger partial charge in [-0.15, -0.1) is 0 Å². The normalized spacial score (nSPS) is 36.3. The van der Waals surface area contributed by atoms with Gasteiger partial charge in [0, 0.05) is 12.0 Å². The molecular weight excluding hydrogens is 182 g/mol. The predicted molar refractivity (Wildman–Crippen MR) is 65.6 cm³/mol. The molecule has 2 aliphatic rings. The Morgan fingerprint density at radius 2 is 2.13 bits per heavy atom. The van der Waals surface area contributed by atoms with E-state index in [0.717, 1.165) is 18.4 Å². The Bertz CT molecular complexity index is 246. The molecule has 1 saturated carbocycles. The largest absolute Gasteiger partial charge is 0.330 e. The summed E-state index contributed by atoms with van der Waals surface area (Å²) in [7, 11) is 0. The first kappa shape index (κ1) is 11.2. The molecule has 0 atom stereocenters. The highest BCUT2D eigenvalue weighted by Gasteiger charge is 2.46. The molecule has 1 fully saturated rings. The molecular formula is C14H25N. The second kappa shape index (κ2) is 4.29. The van der Waals surface area contributed by atoms with Crippen LogP contribution in [0.5, 0.6) is 0 Å². The van der Waals surface area contributed by atoms with Gasteiger partial charge < -0.3 is 5.73 Å². The highest BCUT2D eigenvalue weighted by Crippen LogP contribution is 2.54. The van der Waals surface area contributed by atoms with E-state index in [1.54, 1.807) is 5.57 Å². The van der Waals surface area contributed by atoms with Gasteiger partial charge >= 0.3 is 0 Å². The monoisotopic (exact) mass is 207 g/mol. The number of rotatable bonds is 3. The molecule has 86 valence electrons. The molecule has 1 heteroatoms. The van der Waals surface area contributed by atoms with Gasteiger partial charge in [0.15, 0.2) is 0 Å². The Balaban J connectivity index is 2.02. The van der Waals surface area contributed by atoms with Gasteiger partial charge in [-0.25, -0.2) is 0 Å². The molecule has 0 unspecified atom stereocenters. The number of nitrogens with two attached hydrogens (primary N) is 1. The molecule has 0 spiro atoms. The first-order chi connectivity index (χ1) is 7.18. The molecule has 0 bridgehead atoms. The average Bonchev–Trinajstić information content (AvgIpc) is 2.18. The van der Waals surface area contributed by atoms with E-state index in [0.29, 0.717) is 5.41 Å². The maximum atomic E-state index is 6.02. The first-order valence-electron chi connectivity index (χ1n) is 6.57. The van der Waals surface area contributed by atoms with Crippen molar-refractivity contribution >= 4 is 0 Å². The summed E-state index contributed by atoms with van der Waals surface area (Å²) in [4.78, 5) is 0. The summed E-state index contributed by atoms with van der Waals surface area (Å²) < 4.78 is 0. The molecule has 0 radical (unpaired) electrons. The van der Waals surface area contributed by atoms with Crippen molar-refractivity contribution < 1.29 is 0 Å². The fourth-order valence-corrected chi connectivity index (χ4v) is 3.30. The number of hydrogen-bond acceptors (Lipinski definition) is 1. The van der Waals surface area contributed by atoms with Crippen LogP contribution in [0.1, 0.15) is 52.4 Å². The van der Waals surface area contributed by atoms with Gasteiger partial charge in [-0.3, -0.25) is 0 Å². The molecule has 0 amide bonds. The third kappa shape index (κ3) is 1.99. The summed E-state index contributed by atoms with van der Waals surface area (Å²) >= 11 is 0. The minimum atomic E-state index is 0.426. The smallest absolute Gasteiger partial charge is 0.00399 e. The second-order valence-electron chi connectivity index (χ2n) is 5.87. The van der Waals surface area contributed by atoms with E-state index in [1.165, 1.54) is 38.5 Å². The topological polar surface area (TPSA) is 26.0 Å². The minimum Gasteiger partial charge on any atom is -0.330 e. The molecule has 0 heterocycles. The van der Waals surface area contributed by atoms with Crippen molar-refractivity contribution in [2.45, 2.75) is 52.4 Å². The maximum absolute atomic E-state index is 6.02. The lowest BCUT2D eigenvalue weighted by atomic mass is 9.54. The Hall–Kier alpha value is -0.300. The van der Waals surface area contributed by atoms with E-state index in [-0.39, 0.29) is 0 Å². The van der Waals surface area contributed by atoms with Crippen LogP contribution in [0.2, 0.25) is 0 Å². The van der Waals surface area contributed by atoms with Crippen LogP contribution in [0.4, 0.5) is 0 Å². The van der Waals surface area contributed by atoms with E-state index in [9.17, 15) is 0 Å².